The van der Waals surface area contributed by atoms with Gasteiger partial charge in [-0.3, -0.25) is 0 Å². The Balaban J connectivity index is 1.93. The molecule has 102 valence electrons. The van der Waals surface area contributed by atoms with Crippen molar-refractivity contribution in [1.29, 1.82) is 0 Å². The van der Waals surface area contributed by atoms with Gasteiger partial charge in [0.05, 0.1) is 0 Å². The topological polar surface area (TPSA) is 26.0 Å². The van der Waals surface area contributed by atoms with Crippen LogP contribution in [0.5, 0.6) is 0 Å². The highest BCUT2D eigenvalue weighted by molar-refractivity contribution is 7.09. The van der Waals surface area contributed by atoms with E-state index in [2.05, 4.69) is 38.3 Å². The molecule has 0 saturated heterocycles. The summed E-state index contributed by atoms with van der Waals surface area (Å²) in [5.74, 6) is 0.863. The molecular weight excluding hydrogens is 238 g/mol. The molecule has 2 N–H and O–H groups in total. The lowest BCUT2D eigenvalue weighted by Crippen LogP contribution is -2.46. The summed E-state index contributed by atoms with van der Waals surface area (Å²) in [4.78, 5) is 1.45. The number of thiophene rings is 1. The van der Waals surface area contributed by atoms with Crippen molar-refractivity contribution in [1.82, 2.24) is 0 Å². The molecule has 1 aromatic heterocycles. The molecular formula is C16H27NS. The minimum atomic E-state index is 0.0607. The van der Waals surface area contributed by atoms with Crippen LogP contribution in [0.4, 0.5) is 0 Å². The van der Waals surface area contributed by atoms with Crippen molar-refractivity contribution in [2.75, 3.05) is 0 Å². The van der Waals surface area contributed by atoms with Gasteiger partial charge in [-0.25, -0.2) is 0 Å². The molecule has 1 fully saturated rings. The molecule has 0 radical (unpaired) electrons. The van der Waals surface area contributed by atoms with Crippen molar-refractivity contribution >= 4 is 11.3 Å². The van der Waals surface area contributed by atoms with Crippen LogP contribution in [0.25, 0.3) is 0 Å². The van der Waals surface area contributed by atoms with Gasteiger partial charge >= 0.3 is 0 Å². The second-order valence-electron chi connectivity index (χ2n) is 6.73. The number of rotatable bonds is 4. The van der Waals surface area contributed by atoms with E-state index in [1.165, 1.54) is 37.0 Å². The van der Waals surface area contributed by atoms with Crippen LogP contribution in [0, 0.1) is 11.3 Å². The molecule has 1 aliphatic rings. The zero-order chi connectivity index (χ0) is 13.2. The highest BCUT2D eigenvalue weighted by atomic mass is 32.1. The molecule has 0 bridgehead atoms. The van der Waals surface area contributed by atoms with E-state index in [0.29, 0.717) is 5.41 Å². The fourth-order valence-electron chi connectivity index (χ4n) is 3.20. The predicted molar refractivity (Wildman–Crippen MR) is 81.0 cm³/mol. The summed E-state index contributed by atoms with van der Waals surface area (Å²) >= 11 is 1.85. The van der Waals surface area contributed by atoms with Crippen molar-refractivity contribution in [3.63, 3.8) is 0 Å². The van der Waals surface area contributed by atoms with Crippen LogP contribution in [0.15, 0.2) is 17.5 Å². The first kappa shape index (κ1) is 14.1. The van der Waals surface area contributed by atoms with Gasteiger partial charge in [-0.2, -0.15) is 0 Å². The average Bonchev–Trinajstić information content (AvgIpc) is 2.82. The van der Waals surface area contributed by atoms with Crippen molar-refractivity contribution in [3.8, 4) is 0 Å². The van der Waals surface area contributed by atoms with Gasteiger partial charge < -0.3 is 5.73 Å². The lowest BCUT2D eigenvalue weighted by Gasteiger charge is -2.43. The zero-order valence-corrected chi connectivity index (χ0v) is 12.9. The molecule has 1 heterocycles. The van der Waals surface area contributed by atoms with Crippen molar-refractivity contribution in [3.05, 3.63) is 22.4 Å². The zero-order valence-electron chi connectivity index (χ0n) is 12.0. The maximum atomic E-state index is 6.60. The molecule has 18 heavy (non-hydrogen) atoms. The highest BCUT2D eigenvalue weighted by Gasteiger charge is 2.37. The Morgan fingerprint density at radius 1 is 1.39 bits per heavy atom. The predicted octanol–water partition coefficient (Wildman–Crippen LogP) is 4.61. The fraction of sp³-hybridized carbons (Fsp3) is 0.750. The van der Waals surface area contributed by atoms with Crippen LogP contribution >= 0.6 is 11.3 Å². The Kier molecular flexibility index (Phi) is 4.18. The minimum Gasteiger partial charge on any atom is -0.325 e. The molecule has 0 amide bonds. The summed E-state index contributed by atoms with van der Waals surface area (Å²) in [6.45, 7) is 7.15. The highest BCUT2D eigenvalue weighted by Crippen LogP contribution is 2.43. The van der Waals surface area contributed by atoms with Gasteiger partial charge in [0.1, 0.15) is 0 Å². The van der Waals surface area contributed by atoms with E-state index in [0.717, 1.165) is 12.3 Å². The van der Waals surface area contributed by atoms with Crippen molar-refractivity contribution < 1.29 is 0 Å². The van der Waals surface area contributed by atoms with E-state index in [1.807, 2.05) is 11.3 Å². The maximum Gasteiger partial charge on any atom is 0.0203 e. The summed E-state index contributed by atoms with van der Waals surface area (Å²) in [6.07, 6.45) is 7.35. The van der Waals surface area contributed by atoms with Crippen LogP contribution in [0.3, 0.4) is 0 Å². The van der Waals surface area contributed by atoms with Crippen LogP contribution < -0.4 is 5.73 Å². The molecule has 2 rings (SSSR count). The van der Waals surface area contributed by atoms with Crippen LogP contribution in [-0.4, -0.2) is 5.54 Å². The molecule has 0 unspecified atom stereocenters. The molecule has 0 atom stereocenters. The molecule has 0 aromatic carbocycles. The molecule has 2 heteroatoms. The smallest absolute Gasteiger partial charge is 0.0203 e. The van der Waals surface area contributed by atoms with E-state index < -0.39 is 0 Å². The fourth-order valence-corrected chi connectivity index (χ4v) is 4.06. The third-order valence-corrected chi connectivity index (χ3v) is 5.98. The standard InChI is InChI=1S/C16H27NS/c1-4-15(2,3)13-7-9-16(17,10-8-13)12-14-6-5-11-18-14/h5-6,11,13H,4,7-10,12,17H2,1-3H3. The van der Waals surface area contributed by atoms with E-state index in [-0.39, 0.29) is 5.54 Å². The normalized spacial score (nSPS) is 29.4. The summed E-state index contributed by atoms with van der Waals surface area (Å²) < 4.78 is 0. The van der Waals surface area contributed by atoms with Gasteiger partial charge in [-0.1, -0.05) is 33.3 Å². The van der Waals surface area contributed by atoms with Crippen molar-refractivity contribution in [2.45, 2.75) is 64.8 Å². The van der Waals surface area contributed by atoms with Crippen LogP contribution in [0.2, 0.25) is 0 Å². The summed E-state index contributed by atoms with van der Waals surface area (Å²) in [5.41, 5.74) is 7.15. The Hall–Kier alpha value is -0.340. The lowest BCUT2D eigenvalue weighted by atomic mass is 9.65. The van der Waals surface area contributed by atoms with Crippen molar-refractivity contribution in [2.24, 2.45) is 17.1 Å². The Bertz CT molecular complexity index is 358. The number of hydrogen-bond donors (Lipinski definition) is 1. The largest absolute Gasteiger partial charge is 0.325 e. The van der Waals surface area contributed by atoms with Crippen LogP contribution in [-0.2, 0) is 6.42 Å². The first-order valence-corrected chi connectivity index (χ1v) is 8.14. The van der Waals surface area contributed by atoms with Gasteiger partial charge in [0.2, 0.25) is 0 Å². The molecule has 1 aromatic rings. The van der Waals surface area contributed by atoms with Gasteiger partial charge in [-0.05, 0) is 54.9 Å². The Labute approximate surface area is 116 Å². The second-order valence-corrected chi connectivity index (χ2v) is 7.77. The molecule has 0 aliphatic heterocycles. The maximum absolute atomic E-state index is 6.60. The summed E-state index contributed by atoms with van der Waals surface area (Å²) in [6, 6.07) is 4.36. The summed E-state index contributed by atoms with van der Waals surface area (Å²) in [7, 11) is 0. The molecule has 0 spiro atoms. The van der Waals surface area contributed by atoms with Crippen LogP contribution in [0.1, 0.15) is 57.8 Å². The van der Waals surface area contributed by atoms with E-state index in [1.54, 1.807) is 0 Å². The second kappa shape index (κ2) is 5.34. The summed E-state index contributed by atoms with van der Waals surface area (Å²) in [5, 5.41) is 2.16. The first-order valence-electron chi connectivity index (χ1n) is 7.26. The third kappa shape index (κ3) is 3.16. The first-order chi connectivity index (χ1) is 8.45. The lowest BCUT2D eigenvalue weighted by molar-refractivity contribution is 0.115. The SMILES string of the molecule is CCC(C)(C)C1CCC(N)(Cc2cccs2)CC1. The Morgan fingerprint density at radius 3 is 2.56 bits per heavy atom. The van der Waals surface area contributed by atoms with Gasteiger partial charge in [0.15, 0.2) is 0 Å². The monoisotopic (exact) mass is 265 g/mol. The quantitative estimate of drug-likeness (QED) is 0.845. The van der Waals surface area contributed by atoms with E-state index >= 15 is 0 Å². The number of nitrogens with two attached hydrogens (primary N) is 1. The van der Waals surface area contributed by atoms with E-state index in [9.17, 15) is 0 Å². The minimum absolute atomic E-state index is 0.0607. The molecule has 1 aliphatic carbocycles. The Morgan fingerprint density at radius 2 is 2.06 bits per heavy atom. The van der Waals surface area contributed by atoms with Gasteiger partial charge in [0.25, 0.3) is 0 Å². The van der Waals surface area contributed by atoms with Gasteiger partial charge in [0, 0.05) is 10.4 Å². The van der Waals surface area contributed by atoms with Gasteiger partial charge in [-0.15, -0.1) is 11.3 Å². The molecule has 1 nitrogen and oxygen atoms in total. The average molecular weight is 265 g/mol. The third-order valence-electron chi connectivity index (χ3n) is 5.10. The van der Waals surface area contributed by atoms with E-state index in [4.69, 9.17) is 5.73 Å². The molecule has 1 saturated carbocycles. The number of hydrogen-bond acceptors (Lipinski definition) is 2.